The van der Waals surface area contributed by atoms with Crippen LogP contribution in [0.1, 0.15) is 244 Å². The molecular formula is C58H85NO4S3. The van der Waals surface area contributed by atoms with E-state index < -0.39 is 0 Å². The third kappa shape index (κ3) is 14.5. The minimum absolute atomic E-state index is 0.113. The van der Waals surface area contributed by atoms with E-state index in [0.717, 1.165) is 72.7 Å². The molecule has 66 heavy (non-hydrogen) atoms. The van der Waals surface area contributed by atoms with Crippen LogP contribution in [-0.4, -0.2) is 36.5 Å². The van der Waals surface area contributed by atoms with Gasteiger partial charge in [-0.05, 0) is 68.1 Å². The second kappa shape index (κ2) is 28.5. The first kappa shape index (κ1) is 52.4. The Labute approximate surface area is 411 Å². The molecule has 5 aromatic rings. The molecule has 6 rings (SSSR count). The van der Waals surface area contributed by atoms with Crippen LogP contribution in [0.5, 0.6) is 11.5 Å². The number of hydrogen-bond donors (Lipinski definition) is 0. The molecule has 0 saturated carbocycles. The highest BCUT2D eigenvalue weighted by Gasteiger charge is 2.41. The van der Waals surface area contributed by atoms with Crippen molar-refractivity contribution in [3.05, 3.63) is 45.1 Å². The molecular weight excluding hydrogens is 871 g/mol. The molecule has 8 heteroatoms. The van der Waals surface area contributed by atoms with Crippen LogP contribution in [0.4, 0.5) is 0 Å². The van der Waals surface area contributed by atoms with Crippen LogP contribution in [-0.2, 0) is 0 Å². The molecule has 364 valence electrons. The number of hydrogen-bond acceptors (Lipinski definition) is 7. The minimum atomic E-state index is -0.121. The fourth-order valence-electron chi connectivity index (χ4n) is 10.1. The number of thiophene rings is 3. The third-order valence-electron chi connectivity index (χ3n) is 13.9. The lowest BCUT2D eigenvalue weighted by Crippen LogP contribution is -2.31. The van der Waals surface area contributed by atoms with E-state index >= 15 is 0 Å². The molecule has 4 heterocycles. The SMILES string of the molecule is CCCCCCCCCCCCOc1cc2cc(-c3sc(C)c4c3C(=O)N(CCCCCCCCCCCC)C4=O)sc2c2c(OCCCCCCCCCCCC)cc3cc(C)sc3c12. The molecule has 0 aliphatic carbocycles. The number of aryl methyl sites for hydroxylation is 2. The molecule has 2 aromatic carbocycles. The van der Waals surface area contributed by atoms with Gasteiger partial charge < -0.3 is 9.47 Å². The van der Waals surface area contributed by atoms with Gasteiger partial charge in [-0.2, -0.15) is 0 Å². The topological polar surface area (TPSA) is 55.8 Å². The monoisotopic (exact) mass is 956 g/mol. The summed E-state index contributed by atoms with van der Waals surface area (Å²) in [5.74, 6) is 1.62. The van der Waals surface area contributed by atoms with Crippen LogP contribution in [0, 0.1) is 13.8 Å². The smallest absolute Gasteiger partial charge is 0.263 e. The molecule has 0 spiro atoms. The van der Waals surface area contributed by atoms with Gasteiger partial charge in [0.25, 0.3) is 11.8 Å². The van der Waals surface area contributed by atoms with E-state index in [-0.39, 0.29) is 11.8 Å². The Hall–Kier alpha value is -2.94. The van der Waals surface area contributed by atoms with Crippen molar-refractivity contribution in [1.82, 2.24) is 4.90 Å². The fraction of sp³-hybridized carbons (Fsp3) is 0.655. The summed E-state index contributed by atoms with van der Waals surface area (Å²) in [4.78, 5) is 33.9. The normalized spacial score (nSPS) is 12.8. The number of unbranched alkanes of at least 4 members (excludes halogenated alkanes) is 27. The molecule has 2 amide bonds. The van der Waals surface area contributed by atoms with Gasteiger partial charge in [-0.15, -0.1) is 34.0 Å². The highest BCUT2D eigenvalue weighted by molar-refractivity contribution is 7.27. The fourth-order valence-corrected chi connectivity index (χ4v) is 13.5. The van der Waals surface area contributed by atoms with Crippen LogP contribution >= 0.6 is 34.0 Å². The first-order valence-electron chi connectivity index (χ1n) is 27.1. The Balaban J connectivity index is 1.21. The molecule has 0 bridgehead atoms. The summed E-state index contributed by atoms with van der Waals surface area (Å²) in [5.41, 5.74) is 1.22. The average Bonchev–Trinajstić information content (AvgIpc) is 4.07. The van der Waals surface area contributed by atoms with E-state index in [1.807, 2.05) is 18.3 Å². The zero-order valence-electron chi connectivity index (χ0n) is 41.9. The van der Waals surface area contributed by atoms with Gasteiger partial charge in [0, 0.05) is 41.3 Å². The molecule has 0 atom stereocenters. The lowest BCUT2D eigenvalue weighted by Gasteiger charge is -2.15. The van der Waals surface area contributed by atoms with Crippen molar-refractivity contribution in [2.75, 3.05) is 19.8 Å². The van der Waals surface area contributed by atoms with Gasteiger partial charge in [-0.25, -0.2) is 0 Å². The number of fused-ring (bicyclic) bond motifs is 6. The maximum Gasteiger partial charge on any atom is 0.263 e. The first-order valence-corrected chi connectivity index (χ1v) is 29.5. The number of benzene rings is 2. The summed E-state index contributed by atoms with van der Waals surface area (Å²) in [6.45, 7) is 12.9. The zero-order valence-corrected chi connectivity index (χ0v) is 44.4. The quantitative estimate of drug-likeness (QED) is 0.0296. The van der Waals surface area contributed by atoms with Crippen molar-refractivity contribution in [3.8, 4) is 21.3 Å². The Morgan fingerprint density at radius 1 is 0.439 bits per heavy atom. The zero-order chi connectivity index (χ0) is 46.5. The van der Waals surface area contributed by atoms with E-state index in [2.05, 4.69) is 52.0 Å². The summed E-state index contributed by atoms with van der Waals surface area (Å²) in [6.07, 6.45) is 38.1. The number of amides is 2. The van der Waals surface area contributed by atoms with Gasteiger partial charge in [0.05, 0.1) is 29.2 Å². The van der Waals surface area contributed by atoms with Crippen LogP contribution in [0.2, 0.25) is 0 Å². The van der Waals surface area contributed by atoms with Crippen molar-refractivity contribution in [2.45, 2.75) is 227 Å². The van der Waals surface area contributed by atoms with Crippen LogP contribution in [0.3, 0.4) is 0 Å². The Morgan fingerprint density at radius 3 is 1.30 bits per heavy atom. The molecule has 5 nitrogen and oxygen atoms in total. The second-order valence-corrected chi connectivity index (χ2v) is 23.1. The summed E-state index contributed by atoms with van der Waals surface area (Å²) in [5, 5.41) is 4.59. The lowest BCUT2D eigenvalue weighted by atomic mass is 10.0. The number of carbonyl (C=O) groups is 2. The number of imide groups is 1. The van der Waals surface area contributed by atoms with Gasteiger partial charge in [-0.1, -0.05) is 194 Å². The van der Waals surface area contributed by atoms with Crippen molar-refractivity contribution >= 4 is 76.8 Å². The molecule has 0 saturated heterocycles. The maximum absolute atomic E-state index is 14.2. The Kier molecular flexibility index (Phi) is 22.7. The summed E-state index contributed by atoms with van der Waals surface area (Å²) in [7, 11) is 0. The average molecular weight is 957 g/mol. The van der Waals surface area contributed by atoms with Crippen LogP contribution in [0.25, 0.3) is 40.7 Å². The summed E-state index contributed by atoms with van der Waals surface area (Å²) >= 11 is 5.18. The van der Waals surface area contributed by atoms with Crippen LogP contribution < -0.4 is 9.47 Å². The van der Waals surface area contributed by atoms with E-state index in [4.69, 9.17) is 9.47 Å². The van der Waals surface area contributed by atoms with Gasteiger partial charge in [0.15, 0.2) is 0 Å². The number of ether oxygens (including phenoxy) is 2. The van der Waals surface area contributed by atoms with E-state index in [1.165, 1.54) is 187 Å². The lowest BCUT2D eigenvalue weighted by molar-refractivity contribution is 0.0651. The van der Waals surface area contributed by atoms with E-state index in [1.54, 1.807) is 22.7 Å². The van der Waals surface area contributed by atoms with Crippen molar-refractivity contribution in [3.63, 3.8) is 0 Å². The molecule has 3 aromatic heterocycles. The van der Waals surface area contributed by atoms with Crippen LogP contribution in [0.15, 0.2) is 24.3 Å². The van der Waals surface area contributed by atoms with Crippen molar-refractivity contribution in [1.29, 1.82) is 0 Å². The number of nitrogens with zero attached hydrogens (tertiary/aromatic N) is 1. The molecule has 0 fully saturated rings. The van der Waals surface area contributed by atoms with Crippen molar-refractivity contribution < 1.29 is 19.1 Å². The van der Waals surface area contributed by atoms with Crippen molar-refractivity contribution in [2.24, 2.45) is 0 Å². The predicted octanol–water partition coefficient (Wildman–Crippen LogP) is 19.7. The predicted molar refractivity (Wildman–Crippen MR) is 289 cm³/mol. The molecule has 1 aliphatic heterocycles. The number of carbonyl (C=O) groups excluding carboxylic acids is 2. The van der Waals surface area contributed by atoms with Gasteiger partial charge >= 0.3 is 0 Å². The Bertz CT molecular complexity index is 2220. The highest BCUT2D eigenvalue weighted by atomic mass is 32.1. The van der Waals surface area contributed by atoms with E-state index in [9.17, 15) is 9.59 Å². The molecule has 0 N–H and O–H groups in total. The number of rotatable bonds is 36. The van der Waals surface area contributed by atoms with Gasteiger partial charge in [0.1, 0.15) is 11.5 Å². The van der Waals surface area contributed by atoms with Gasteiger partial charge in [0.2, 0.25) is 0 Å². The molecule has 0 radical (unpaired) electrons. The second-order valence-electron chi connectivity index (χ2n) is 19.5. The Morgan fingerprint density at radius 2 is 0.833 bits per heavy atom. The third-order valence-corrected chi connectivity index (χ3v) is 17.4. The summed E-state index contributed by atoms with van der Waals surface area (Å²) in [6, 6.07) is 9.06. The highest BCUT2D eigenvalue weighted by Crippen LogP contribution is 2.51. The van der Waals surface area contributed by atoms with E-state index in [0.29, 0.717) is 30.9 Å². The summed E-state index contributed by atoms with van der Waals surface area (Å²) < 4.78 is 16.1. The van der Waals surface area contributed by atoms with Gasteiger partial charge in [-0.3, -0.25) is 14.5 Å². The molecule has 1 aliphatic rings. The largest absolute Gasteiger partial charge is 0.493 e. The molecule has 0 unspecified atom stereocenters. The first-order chi connectivity index (χ1) is 32.4. The minimum Gasteiger partial charge on any atom is -0.493 e. The standard InChI is InChI=1S/C58H85NO4S3/c1-6-9-12-15-18-21-24-27-30-33-36-59-57(60)50-44(5)65-56(53(50)58(59)61)49-42-46-41-48(63-38-35-32-29-26-23-20-17-14-11-8-3)51-52(55(46)66-49)47(40-45-39-43(4)64-54(45)51)62-37-34-31-28-25-22-19-16-13-10-7-2/h39-42H,6-38H2,1-5H3. The maximum atomic E-state index is 14.2.